The molecule has 0 aromatic carbocycles. The average molecular weight is 309 g/mol. The molecule has 3 nitrogen and oxygen atoms in total. The number of nitrogens with two attached hydrogens (primary N) is 1. The van der Waals surface area contributed by atoms with E-state index in [-0.39, 0.29) is 26.9 Å². The molecule has 14 heavy (non-hydrogen) atoms. The van der Waals surface area contributed by atoms with Crippen LogP contribution in [0.1, 0.15) is 17.6 Å². The van der Waals surface area contributed by atoms with Crippen molar-refractivity contribution in [3.63, 3.8) is 0 Å². The Hall–Kier alpha value is -0.970. The molecule has 0 saturated carbocycles. The number of hydrogen-bond acceptors (Lipinski definition) is 3. The summed E-state index contributed by atoms with van der Waals surface area (Å²) in [6, 6.07) is 1.81. The molecule has 0 radical (unpaired) electrons. The van der Waals surface area contributed by atoms with Gasteiger partial charge < -0.3 is 5.73 Å². The summed E-state index contributed by atoms with van der Waals surface area (Å²) in [5, 5.41) is 8.43. The first kappa shape index (κ1) is 11.1. The predicted molar refractivity (Wildman–Crippen MR) is 55.6 cm³/mol. The second-order valence-corrected chi connectivity index (χ2v) is 3.61. The Balaban J connectivity index is 3.31. The minimum absolute atomic E-state index is 0.0718. The first-order chi connectivity index (χ1) is 6.57. The minimum Gasteiger partial charge on any atom is -0.383 e. The molecule has 1 aromatic heterocycles. The molecular weight excluding hydrogens is 303 g/mol. The van der Waals surface area contributed by atoms with Crippen LogP contribution in [0.2, 0.25) is 0 Å². The fraction of sp³-hybridized carbons (Fsp3) is 0.250. The Morgan fingerprint density at radius 3 is 2.79 bits per heavy atom. The van der Waals surface area contributed by atoms with Crippen molar-refractivity contribution in [3.05, 3.63) is 20.9 Å². The first-order valence-electron chi connectivity index (χ1n) is 3.65. The number of halogens is 3. The largest absolute Gasteiger partial charge is 0.383 e. The van der Waals surface area contributed by atoms with Crippen molar-refractivity contribution < 1.29 is 8.78 Å². The second kappa shape index (κ2) is 4.50. The van der Waals surface area contributed by atoms with Gasteiger partial charge in [-0.2, -0.15) is 5.26 Å². The van der Waals surface area contributed by atoms with Crippen LogP contribution in [0.4, 0.5) is 14.6 Å². The van der Waals surface area contributed by atoms with Gasteiger partial charge in [0.05, 0.1) is 16.1 Å². The number of hydrogen-bond donors (Lipinski definition) is 1. The third-order valence-electron chi connectivity index (χ3n) is 1.65. The lowest BCUT2D eigenvalue weighted by Crippen LogP contribution is -2.04. The third kappa shape index (κ3) is 2.09. The van der Waals surface area contributed by atoms with Crippen molar-refractivity contribution in [1.82, 2.24) is 4.98 Å². The van der Waals surface area contributed by atoms with Gasteiger partial charge in [-0.05, 0) is 28.2 Å². The molecule has 0 amide bonds. The molecule has 0 fully saturated rings. The Kier molecular flexibility index (Phi) is 3.57. The summed E-state index contributed by atoms with van der Waals surface area (Å²) in [5.74, 6) is 0.0718. The van der Waals surface area contributed by atoms with E-state index in [0.717, 1.165) is 0 Å². The Morgan fingerprint density at radius 1 is 1.64 bits per heavy atom. The predicted octanol–water partition coefficient (Wildman–Crippen LogP) is 2.27. The van der Waals surface area contributed by atoms with E-state index < -0.39 is 6.43 Å². The van der Waals surface area contributed by atoms with E-state index in [1.54, 1.807) is 22.6 Å². The zero-order valence-corrected chi connectivity index (χ0v) is 9.12. The van der Waals surface area contributed by atoms with E-state index in [0.29, 0.717) is 0 Å². The maximum atomic E-state index is 12.6. The SMILES string of the molecule is N#CCc1cnc(N)c(I)c1C(F)F. The maximum absolute atomic E-state index is 12.6. The molecule has 1 aromatic rings. The van der Waals surface area contributed by atoms with Gasteiger partial charge in [-0.3, -0.25) is 0 Å². The Labute approximate surface area is 93.1 Å². The number of nitriles is 1. The molecule has 2 N–H and O–H groups in total. The summed E-state index contributed by atoms with van der Waals surface area (Å²) in [6.45, 7) is 0. The van der Waals surface area contributed by atoms with Gasteiger partial charge in [0, 0.05) is 11.8 Å². The van der Waals surface area contributed by atoms with Gasteiger partial charge in [-0.15, -0.1) is 0 Å². The Morgan fingerprint density at radius 2 is 2.29 bits per heavy atom. The van der Waals surface area contributed by atoms with Gasteiger partial charge in [-0.25, -0.2) is 13.8 Å². The molecule has 1 rings (SSSR count). The smallest absolute Gasteiger partial charge is 0.265 e. The van der Waals surface area contributed by atoms with Gasteiger partial charge in [0.2, 0.25) is 0 Å². The average Bonchev–Trinajstić information content (AvgIpc) is 2.11. The van der Waals surface area contributed by atoms with Crippen LogP contribution in [0.3, 0.4) is 0 Å². The lowest BCUT2D eigenvalue weighted by atomic mass is 10.1. The molecule has 0 spiro atoms. The van der Waals surface area contributed by atoms with Gasteiger partial charge in [0.25, 0.3) is 6.43 Å². The van der Waals surface area contributed by atoms with Crippen LogP contribution in [0.25, 0.3) is 0 Å². The molecule has 6 heteroatoms. The number of aromatic nitrogens is 1. The zero-order chi connectivity index (χ0) is 10.7. The summed E-state index contributed by atoms with van der Waals surface area (Å²) in [6.07, 6.45) is -1.49. The van der Waals surface area contributed by atoms with Gasteiger partial charge in [0.15, 0.2) is 0 Å². The van der Waals surface area contributed by atoms with E-state index in [2.05, 4.69) is 4.98 Å². The number of pyridine rings is 1. The summed E-state index contributed by atoms with van der Waals surface area (Å²) in [7, 11) is 0. The van der Waals surface area contributed by atoms with Crippen LogP contribution in [0, 0.1) is 14.9 Å². The normalized spacial score (nSPS) is 10.2. The second-order valence-electron chi connectivity index (χ2n) is 2.53. The number of anilines is 1. The maximum Gasteiger partial charge on any atom is 0.265 e. The monoisotopic (exact) mass is 309 g/mol. The van der Waals surface area contributed by atoms with Crippen molar-refractivity contribution >= 4 is 28.4 Å². The van der Waals surface area contributed by atoms with Crippen molar-refractivity contribution in [2.45, 2.75) is 12.8 Å². The zero-order valence-electron chi connectivity index (χ0n) is 6.97. The van der Waals surface area contributed by atoms with Crippen LogP contribution >= 0.6 is 22.6 Å². The van der Waals surface area contributed by atoms with E-state index >= 15 is 0 Å². The van der Waals surface area contributed by atoms with Gasteiger partial charge >= 0.3 is 0 Å². The van der Waals surface area contributed by atoms with E-state index in [9.17, 15) is 8.78 Å². The Bertz CT molecular complexity index is 387. The fourth-order valence-electron chi connectivity index (χ4n) is 1.01. The molecule has 0 bridgehead atoms. The van der Waals surface area contributed by atoms with Crippen molar-refractivity contribution in [2.24, 2.45) is 0 Å². The molecule has 1 heterocycles. The van der Waals surface area contributed by atoms with E-state index in [1.165, 1.54) is 6.20 Å². The van der Waals surface area contributed by atoms with E-state index in [4.69, 9.17) is 11.0 Å². The van der Waals surface area contributed by atoms with Crippen LogP contribution in [0.5, 0.6) is 0 Å². The molecule has 0 aliphatic heterocycles. The summed E-state index contributed by atoms with van der Waals surface area (Å²) in [4.78, 5) is 3.73. The quantitative estimate of drug-likeness (QED) is 0.853. The number of rotatable bonds is 2. The lowest BCUT2D eigenvalue weighted by molar-refractivity contribution is 0.149. The molecule has 74 valence electrons. The highest BCUT2D eigenvalue weighted by Crippen LogP contribution is 2.30. The van der Waals surface area contributed by atoms with Crippen LogP contribution in [-0.2, 0) is 6.42 Å². The number of alkyl halides is 2. The van der Waals surface area contributed by atoms with Crippen molar-refractivity contribution in [1.29, 1.82) is 5.26 Å². The van der Waals surface area contributed by atoms with Crippen LogP contribution in [0.15, 0.2) is 6.20 Å². The fourth-order valence-corrected chi connectivity index (χ4v) is 1.74. The van der Waals surface area contributed by atoms with Crippen LogP contribution in [-0.4, -0.2) is 4.98 Å². The van der Waals surface area contributed by atoms with E-state index in [1.807, 2.05) is 6.07 Å². The highest BCUT2D eigenvalue weighted by molar-refractivity contribution is 14.1. The van der Waals surface area contributed by atoms with Gasteiger partial charge in [-0.1, -0.05) is 0 Å². The number of nitrogen functional groups attached to an aromatic ring is 1. The highest BCUT2D eigenvalue weighted by atomic mass is 127. The standard InChI is InChI=1S/C8H6F2IN3/c9-7(10)5-4(1-2-12)3-14-8(13)6(5)11/h3,7H,1H2,(H2,13,14). The van der Waals surface area contributed by atoms with Crippen molar-refractivity contribution in [2.75, 3.05) is 5.73 Å². The summed E-state index contributed by atoms with van der Waals surface area (Å²) >= 11 is 1.71. The third-order valence-corrected chi connectivity index (χ3v) is 2.79. The molecule has 0 atom stereocenters. The highest BCUT2D eigenvalue weighted by Gasteiger charge is 2.19. The molecule has 0 saturated heterocycles. The number of nitrogens with zero attached hydrogens (tertiary/aromatic N) is 2. The van der Waals surface area contributed by atoms with Crippen LogP contribution < -0.4 is 5.73 Å². The summed E-state index contributed by atoms with van der Waals surface area (Å²) < 4.78 is 25.4. The minimum atomic E-state index is -2.63. The topological polar surface area (TPSA) is 62.7 Å². The molecule has 0 aliphatic carbocycles. The molecule has 0 unspecified atom stereocenters. The van der Waals surface area contributed by atoms with Gasteiger partial charge in [0.1, 0.15) is 5.82 Å². The first-order valence-corrected chi connectivity index (χ1v) is 4.73. The molecule has 0 aliphatic rings. The van der Waals surface area contributed by atoms with Crippen molar-refractivity contribution in [3.8, 4) is 6.07 Å². The summed E-state index contributed by atoms with van der Waals surface area (Å²) in [5.41, 5.74) is 5.44. The molecular formula is C8H6F2IN3. The lowest BCUT2D eigenvalue weighted by Gasteiger charge is -2.09.